The molecular formula is C17H19N3O2. The molecule has 0 aliphatic rings. The summed E-state index contributed by atoms with van der Waals surface area (Å²) in [6.45, 7) is 5.34. The Morgan fingerprint density at radius 3 is 2.27 bits per heavy atom. The van der Waals surface area contributed by atoms with Crippen molar-refractivity contribution in [3.05, 3.63) is 53.9 Å². The third kappa shape index (κ3) is 4.15. The minimum atomic E-state index is -0.155. The molecule has 114 valence electrons. The molecule has 2 aromatic rings. The average Bonchev–Trinajstić information content (AvgIpc) is 2.47. The number of anilines is 2. The van der Waals surface area contributed by atoms with Crippen molar-refractivity contribution >= 4 is 23.1 Å². The molecule has 2 rings (SSSR count). The summed E-state index contributed by atoms with van der Waals surface area (Å²) in [4.78, 5) is 27.3. The molecule has 0 radical (unpaired) electrons. The summed E-state index contributed by atoms with van der Waals surface area (Å²) in [6, 6.07) is 8.96. The Hall–Kier alpha value is -2.69. The van der Waals surface area contributed by atoms with Crippen LogP contribution < -0.4 is 10.6 Å². The van der Waals surface area contributed by atoms with Gasteiger partial charge in [-0.15, -0.1) is 0 Å². The summed E-state index contributed by atoms with van der Waals surface area (Å²) < 4.78 is 0. The molecule has 1 aromatic heterocycles. The van der Waals surface area contributed by atoms with Crippen LogP contribution in [0.15, 0.2) is 42.7 Å². The number of amides is 1. The van der Waals surface area contributed by atoms with Gasteiger partial charge in [0.25, 0.3) is 5.91 Å². The van der Waals surface area contributed by atoms with E-state index in [1.54, 1.807) is 24.4 Å². The fraction of sp³-hybridized carbons (Fsp3) is 0.235. The van der Waals surface area contributed by atoms with Gasteiger partial charge in [-0.25, -0.2) is 0 Å². The van der Waals surface area contributed by atoms with Gasteiger partial charge in [-0.3, -0.25) is 14.6 Å². The number of ketones is 1. The Bertz CT molecular complexity index is 679. The van der Waals surface area contributed by atoms with E-state index in [0.29, 0.717) is 16.8 Å². The lowest BCUT2D eigenvalue weighted by Crippen LogP contribution is -2.30. The first-order valence-corrected chi connectivity index (χ1v) is 7.09. The summed E-state index contributed by atoms with van der Waals surface area (Å²) in [5.74, 6) is -0.126. The second kappa shape index (κ2) is 6.85. The van der Waals surface area contributed by atoms with E-state index in [1.165, 1.54) is 13.1 Å². The van der Waals surface area contributed by atoms with Crippen LogP contribution in [-0.4, -0.2) is 22.7 Å². The maximum atomic E-state index is 12.0. The number of rotatable bonds is 5. The predicted molar refractivity (Wildman–Crippen MR) is 86.6 cm³/mol. The zero-order valence-corrected chi connectivity index (χ0v) is 12.9. The summed E-state index contributed by atoms with van der Waals surface area (Å²) >= 11 is 0. The Labute approximate surface area is 129 Å². The molecule has 1 amide bonds. The molecule has 0 unspecified atom stereocenters. The van der Waals surface area contributed by atoms with Crippen LogP contribution in [0.4, 0.5) is 11.4 Å². The fourth-order valence-corrected chi connectivity index (χ4v) is 1.93. The van der Waals surface area contributed by atoms with Crippen molar-refractivity contribution in [3.63, 3.8) is 0 Å². The quantitative estimate of drug-likeness (QED) is 0.832. The smallest absolute Gasteiger partial charge is 0.253 e. The molecule has 22 heavy (non-hydrogen) atoms. The molecule has 0 bridgehead atoms. The molecule has 0 aliphatic heterocycles. The van der Waals surface area contributed by atoms with Crippen LogP contribution in [0.2, 0.25) is 0 Å². The first-order valence-electron chi connectivity index (χ1n) is 7.09. The fourth-order valence-electron chi connectivity index (χ4n) is 1.93. The van der Waals surface area contributed by atoms with Crippen molar-refractivity contribution in [2.75, 3.05) is 5.32 Å². The van der Waals surface area contributed by atoms with Crippen molar-refractivity contribution < 1.29 is 9.59 Å². The second-order valence-corrected chi connectivity index (χ2v) is 5.35. The van der Waals surface area contributed by atoms with Crippen LogP contribution in [0.25, 0.3) is 0 Å². The molecular weight excluding hydrogens is 278 g/mol. The monoisotopic (exact) mass is 297 g/mol. The van der Waals surface area contributed by atoms with Crippen molar-refractivity contribution in [3.8, 4) is 0 Å². The number of nitrogens with zero attached hydrogens (tertiary/aromatic N) is 1. The van der Waals surface area contributed by atoms with Crippen LogP contribution in [0, 0.1) is 0 Å². The zero-order chi connectivity index (χ0) is 16.1. The number of Topliss-reactive ketones (excluding diaryl/α,β-unsaturated/α-hetero) is 1. The summed E-state index contributed by atoms with van der Waals surface area (Å²) in [6.07, 6.45) is 3.17. The van der Waals surface area contributed by atoms with Gasteiger partial charge in [-0.2, -0.15) is 0 Å². The molecule has 5 nitrogen and oxygen atoms in total. The van der Waals surface area contributed by atoms with Crippen molar-refractivity contribution in [2.45, 2.75) is 26.8 Å². The number of pyridine rings is 1. The number of aromatic nitrogens is 1. The van der Waals surface area contributed by atoms with E-state index in [0.717, 1.165) is 5.69 Å². The third-order valence-corrected chi connectivity index (χ3v) is 3.00. The molecule has 0 aliphatic carbocycles. The highest BCUT2D eigenvalue weighted by molar-refractivity contribution is 5.95. The average molecular weight is 297 g/mol. The second-order valence-electron chi connectivity index (χ2n) is 5.35. The molecule has 0 atom stereocenters. The number of hydrogen-bond acceptors (Lipinski definition) is 4. The highest BCUT2D eigenvalue weighted by Crippen LogP contribution is 2.17. The van der Waals surface area contributed by atoms with E-state index >= 15 is 0 Å². The van der Waals surface area contributed by atoms with Gasteiger partial charge >= 0.3 is 0 Å². The van der Waals surface area contributed by atoms with Gasteiger partial charge in [-0.05, 0) is 51.1 Å². The first kappa shape index (κ1) is 15.7. The van der Waals surface area contributed by atoms with Gasteiger partial charge in [0.1, 0.15) is 0 Å². The number of hydrogen-bond donors (Lipinski definition) is 2. The Morgan fingerprint density at radius 2 is 1.68 bits per heavy atom. The lowest BCUT2D eigenvalue weighted by Gasteiger charge is -2.10. The summed E-state index contributed by atoms with van der Waals surface area (Å²) in [5, 5.41) is 5.99. The van der Waals surface area contributed by atoms with E-state index in [1.807, 2.05) is 26.0 Å². The molecule has 0 fully saturated rings. The molecule has 0 spiro atoms. The number of benzene rings is 1. The van der Waals surface area contributed by atoms with E-state index in [-0.39, 0.29) is 17.7 Å². The van der Waals surface area contributed by atoms with E-state index in [9.17, 15) is 9.59 Å². The normalized spacial score (nSPS) is 10.4. The molecule has 1 heterocycles. The lowest BCUT2D eigenvalue weighted by atomic mass is 10.1. The van der Waals surface area contributed by atoms with Gasteiger partial charge in [-0.1, -0.05) is 0 Å². The first-order chi connectivity index (χ1) is 10.5. The van der Waals surface area contributed by atoms with Gasteiger partial charge in [0.05, 0.1) is 17.4 Å². The van der Waals surface area contributed by atoms with Crippen LogP contribution in [-0.2, 0) is 0 Å². The van der Waals surface area contributed by atoms with Gasteiger partial charge in [0.2, 0.25) is 0 Å². The van der Waals surface area contributed by atoms with Crippen LogP contribution in [0.5, 0.6) is 0 Å². The van der Waals surface area contributed by atoms with E-state index < -0.39 is 0 Å². The molecule has 1 aromatic carbocycles. The van der Waals surface area contributed by atoms with Gasteiger partial charge in [0, 0.05) is 23.5 Å². The zero-order valence-electron chi connectivity index (χ0n) is 12.9. The van der Waals surface area contributed by atoms with Crippen molar-refractivity contribution in [2.24, 2.45) is 0 Å². The highest BCUT2D eigenvalue weighted by Gasteiger charge is 2.08. The van der Waals surface area contributed by atoms with Gasteiger partial charge < -0.3 is 10.6 Å². The van der Waals surface area contributed by atoms with Gasteiger partial charge in [0.15, 0.2) is 5.78 Å². The minimum Gasteiger partial charge on any atom is -0.354 e. The van der Waals surface area contributed by atoms with Crippen LogP contribution in [0.3, 0.4) is 0 Å². The Kier molecular flexibility index (Phi) is 4.88. The number of carbonyl (C=O) groups excluding carboxylic acids is 2. The summed E-state index contributed by atoms with van der Waals surface area (Å²) in [5.41, 5.74) is 2.70. The summed E-state index contributed by atoms with van der Waals surface area (Å²) in [7, 11) is 0. The van der Waals surface area contributed by atoms with Crippen molar-refractivity contribution in [1.29, 1.82) is 0 Å². The topological polar surface area (TPSA) is 71.1 Å². The SMILES string of the molecule is CC(=O)c1ccc(Nc2cncc(C(=O)NC(C)C)c2)cc1. The highest BCUT2D eigenvalue weighted by atomic mass is 16.1. The maximum absolute atomic E-state index is 12.0. The van der Waals surface area contributed by atoms with Crippen LogP contribution >= 0.6 is 0 Å². The Morgan fingerprint density at radius 1 is 1.00 bits per heavy atom. The molecule has 0 saturated heterocycles. The molecule has 2 N–H and O–H groups in total. The third-order valence-electron chi connectivity index (χ3n) is 3.00. The van der Waals surface area contributed by atoms with E-state index in [4.69, 9.17) is 0 Å². The van der Waals surface area contributed by atoms with Crippen LogP contribution in [0.1, 0.15) is 41.5 Å². The molecule has 0 saturated carbocycles. The minimum absolute atomic E-state index is 0.0283. The standard InChI is InChI=1S/C17H19N3O2/c1-11(2)19-17(22)14-8-16(10-18-9-14)20-15-6-4-13(5-7-15)12(3)21/h4-11,20H,1-3H3,(H,19,22). The lowest BCUT2D eigenvalue weighted by molar-refractivity contribution is 0.0942. The largest absolute Gasteiger partial charge is 0.354 e. The molecule has 5 heteroatoms. The predicted octanol–water partition coefficient (Wildman–Crippen LogP) is 3.17. The maximum Gasteiger partial charge on any atom is 0.253 e. The van der Waals surface area contributed by atoms with Crippen molar-refractivity contribution in [1.82, 2.24) is 10.3 Å². The number of carbonyl (C=O) groups is 2. The Balaban J connectivity index is 2.13. The number of nitrogens with one attached hydrogen (secondary N) is 2. The van der Waals surface area contributed by atoms with E-state index in [2.05, 4.69) is 15.6 Å².